The molecule has 1 saturated heterocycles. The Kier molecular flexibility index (Phi) is 4.56. The zero-order valence-corrected chi connectivity index (χ0v) is 16.6. The fourth-order valence-electron chi connectivity index (χ4n) is 4.27. The number of fused-ring (bicyclic) bond motifs is 1. The molecule has 1 aromatic heterocycles. The van der Waals surface area contributed by atoms with Gasteiger partial charge in [-0.25, -0.2) is 8.42 Å². The van der Waals surface area contributed by atoms with Crippen molar-refractivity contribution >= 4 is 33.0 Å². The Morgan fingerprint density at radius 1 is 1.31 bits per heavy atom. The van der Waals surface area contributed by atoms with Crippen molar-refractivity contribution in [2.75, 3.05) is 20.2 Å². The number of halogens is 1. The highest BCUT2D eigenvalue weighted by Gasteiger charge is 2.54. The molecule has 140 valence electrons. The standard InChI is InChI=1S/C18H20ClNO4S2/c1-24-14-4-2-3-13(9-14)18(21)8-7-12-10-20(11-15(12)18)26(22,23)17-6-5-16(19)25-17/h2-6,9,12,15,21H,7-8,10-11H2,1H3. The fourth-order valence-corrected chi connectivity index (χ4v) is 7.43. The van der Waals surface area contributed by atoms with Crippen LogP contribution in [0.5, 0.6) is 5.75 Å². The van der Waals surface area contributed by atoms with Crippen LogP contribution in [0, 0.1) is 11.8 Å². The van der Waals surface area contributed by atoms with Gasteiger partial charge in [0.15, 0.2) is 0 Å². The van der Waals surface area contributed by atoms with Gasteiger partial charge in [-0.1, -0.05) is 23.7 Å². The molecule has 1 N–H and O–H groups in total. The van der Waals surface area contributed by atoms with E-state index < -0.39 is 15.6 Å². The van der Waals surface area contributed by atoms with Crippen molar-refractivity contribution in [2.24, 2.45) is 11.8 Å². The highest BCUT2D eigenvalue weighted by Crippen LogP contribution is 2.51. The third-order valence-corrected chi connectivity index (χ3v) is 9.16. The van der Waals surface area contributed by atoms with Crippen LogP contribution in [0.3, 0.4) is 0 Å². The Balaban J connectivity index is 1.62. The topological polar surface area (TPSA) is 66.8 Å². The molecule has 2 heterocycles. The van der Waals surface area contributed by atoms with Crippen molar-refractivity contribution in [1.29, 1.82) is 0 Å². The number of nitrogens with zero attached hydrogens (tertiary/aromatic N) is 1. The van der Waals surface area contributed by atoms with Crippen LogP contribution in [-0.2, 0) is 15.6 Å². The van der Waals surface area contributed by atoms with Crippen LogP contribution in [0.2, 0.25) is 4.34 Å². The molecule has 3 atom stereocenters. The molecule has 3 unspecified atom stereocenters. The number of rotatable bonds is 4. The molecule has 26 heavy (non-hydrogen) atoms. The van der Waals surface area contributed by atoms with E-state index in [4.69, 9.17) is 16.3 Å². The van der Waals surface area contributed by atoms with E-state index in [0.717, 1.165) is 23.3 Å². The minimum Gasteiger partial charge on any atom is -0.497 e. The second kappa shape index (κ2) is 6.49. The number of sulfonamides is 1. The summed E-state index contributed by atoms with van der Waals surface area (Å²) in [6.45, 7) is 0.755. The van der Waals surface area contributed by atoms with Gasteiger partial charge in [0.2, 0.25) is 0 Å². The minimum absolute atomic E-state index is 0.125. The molecule has 1 saturated carbocycles. The molecule has 2 aromatic rings. The van der Waals surface area contributed by atoms with Crippen LogP contribution in [0.4, 0.5) is 0 Å². The van der Waals surface area contributed by atoms with Crippen LogP contribution in [-0.4, -0.2) is 38.0 Å². The molecule has 0 radical (unpaired) electrons. The maximum Gasteiger partial charge on any atom is 0.252 e. The quantitative estimate of drug-likeness (QED) is 0.834. The molecule has 0 amide bonds. The van der Waals surface area contributed by atoms with Gasteiger partial charge >= 0.3 is 0 Å². The number of ether oxygens (including phenoxy) is 1. The summed E-state index contributed by atoms with van der Waals surface area (Å²) in [5.74, 6) is 0.714. The molecular formula is C18H20ClNO4S2. The molecule has 1 aliphatic heterocycles. The first-order valence-electron chi connectivity index (χ1n) is 8.47. The number of benzene rings is 1. The van der Waals surface area contributed by atoms with E-state index in [1.54, 1.807) is 19.2 Å². The minimum atomic E-state index is -3.57. The number of thiophene rings is 1. The van der Waals surface area contributed by atoms with E-state index in [-0.39, 0.29) is 16.0 Å². The van der Waals surface area contributed by atoms with Crippen molar-refractivity contribution in [2.45, 2.75) is 22.7 Å². The summed E-state index contributed by atoms with van der Waals surface area (Å²) in [7, 11) is -1.98. The summed E-state index contributed by atoms with van der Waals surface area (Å²) in [4.78, 5) is 0. The predicted octanol–water partition coefficient (Wildman–Crippen LogP) is 3.33. The summed E-state index contributed by atoms with van der Waals surface area (Å²) < 4.78 is 33.3. The average Bonchev–Trinajstić information content (AvgIpc) is 3.33. The summed E-state index contributed by atoms with van der Waals surface area (Å²) in [5, 5.41) is 11.4. The Bertz CT molecular complexity index is 929. The summed E-state index contributed by atoms with van der Waals surface area (Å²) in [5.41, 5.74) is -0.237. The van der Waals surface area contributed by atoms with Crippen molar-refractivity contribution in [1.82, 2.24) is 4.31 Å². The Labute approximate surface area is 162 Å². The maximum atomic E-state index is 12.9. The van der Waals surface area contributed by atoms with E-state index >= 15 is 0 Å². The Morgan fingerprint density at radius 3 is 2.81 bits per heavy atom. The lowest BCUT2D eigenvalue weighted by Gasteiger charge is -2.31. The van der Waals surface area contributed by atoms with Gasteiger partial charge in [-0.2, -0.15) is 4.31 Å². The monoisotopic (exact) mass is 413 g/mol. The first-order valence-corrected chi connectivity index (χ1v) is 11.1. The number of aliphatic hydroxyl groups is 1. The zero-order chi connectivity index (χ0) is 18.5. The van der Waals surface area contributed by atoms with Gasteiger partial charge < -0.3 is 9.84 Å². The lowest BCUT2D eigenvalue weighted by Crippen LogP contribution is -2.36. The molecule has 8 heteroatoms. The van der Waals surface area contributed by atoms with Crippen LogP contribution in [0.15, 0.2) is 40.6 Å². The van der Waals surface area contributed by atoms with Gasteiger partial charge in [0.1, 0.15) is 9.96 Å². The zero-order valence-electron chi connectivity index (χ0n) is 14.3. The molecule has 2 fully saturated rings. The van der Waals surface area contributed by atoms with Crippen LogP contribution in [0.25, 0.3) is 0 Å². The molecule has 1 aromatic carbocycles. The number of methoxy groups -OCH3 is 1. The highest BCUT2D eigenvalue weighted by molar-refractivity contribution is 7.91. The van der Waals surface area contributed by atoms with Gasteiger partial charge in [0.25, 0.3) is 10.0 Å². The first-order chi connectivity index (χ1) is 12.3. The Hall–Kier alpha value is -1.12. The largest absolute Gasteiger partial charge is 0.497 e. The SMILES string of the molecule is COc1cccc(C2(O)CCC3CN(S(=O)(=O)c4ccc(Cl)s4)CC32)c1. The Morgan fingerprint density at radius 2 is 2.12 bits per heavy atom. The maximum absolute atomic E-state index is 12.9. The van der Waals surface area contributed by atoms with E-state index in [9.17, 15) is 13.5 Å². The summed E-state index contributed by atoms with van der Waals surface area (Å²) in [6, 6.07) is 10.6. The highest BCUT2D eigenvalue weighted by atomic mass is 35.5. The molecule has 5 nitrogen and oxygen atoms in total. The van der Waals surface area contributed by atoms with Crippen LogP contribution in [0.1, 0.15) is 18.4 Å². The predicted molar refractivity (Wildman–Crippen MR) is 101 cm³/mol. The van der Waals surface area contributed by atoms with Crippen molar-refractivity contribution in [3.63, 3.8) is 0 Å². The van der Waals surface area contributed by atoms with Crippen LogP contribution < -0.4 is 4.74 Å². The first kappa shape index (κ1) is 18.3. The van der Waals surface area contributed by atoms with E-state index in [1.807, 2.05) is 24.3 Å². The second-order valence-corrected chi connectivity index (χ2v) is 10.8. The normalized spacial score (nSPS) is 29.0. The molecular weight excluding hydrogens is 394 g/mol. The van der Waals surface area contributed by atoms with Gasteiger partial charge in [-0.3, -0.25) is 0 Å². The van der Waals surface area contributed by atoms with Crippen molar-refractivity contribution < 1.29 is 18.3 Å². The third kappa shape index (κ3) is 2.86. The summed E-state index contributed by atoms with van der Waals surface area (Å²) in [6.07, 6.45) is 1.43. The van der Waals surface area contributed by atoms with Crippen molar-refractivity contribution in [3.8, 4) is 5.75 Å². The smallest absolute Gasteiger partial charge is 0.252 e. The van der Waals surface area contributed by atoms with Gasteiger partial charge in [-0.15, -0.1) is 11.3 Å². The molecule has 2 aliphatic rings. The molecule has 0 bridgehead atoms. The average molecular weight is 414 g/mol. The molecule has 0 spiro atoms. The van der Waals surface area contributed by atoms with E-state index in [0.29, 0.717) is 29.6 Å². The fraction of sp³-hybridized carbons (Fsp3) is 0.444. The molecule has 4 rings (SSSR count). The third-order valence-electron chi connectivity index (χ3n) is 5.63. The summed E-state index contributed by atoms with van der Waals surface area (Å²) >= 11 is 6.97. The van der Waals surface area contributed by atoms with E-state index in [1.165, 1.54) is 4.31 Å². The number of hydrogen-bond acceptors (Lipinski definition) is 5. The van der Waals surface area contributed by atoms with Gasteiger partial charge in [0.05, 0.1) is 17.0 Å². The van der Waals surface area contributed by atoms with Crippen LogP contribution >= 0.6 is 22.9 Å². The lowest BCUT2D eigenvalue weighted by atomic mass is 9.82. The second-order valence-electron chi connectivity index (χ2n) is 6.94. The van der Waals surface area contributed by atoms with Crippen molar-refractivity contribution in [3.05, 3.63) is 46.3 Å². The van der Waals surface area contributed by atoms with Gasteiger partial charge in [0, 0.05) is 19.0 Å². The van der Waals surface area contributed by atoms with Gasteiger partial charge in [-0.05, 0) is 48.6 Å². The number of hydrogen-bond donors (Lipinski definition) is 1. The van der Waals surface area contributed by atoms with E-state index in [2.05, 4.69) is 0 Å². The molecule has 1 aliphatic carbocycles. The lowest BCUT2D eigenvalue weighted by molar-refractivity contribution is -0.00415.